The molecule has 2 N–H and O–H groups in total. The van der Waals surface area contributed by atoms with Crippen molar-refractivity contribution < 1.29 is 4.79 Å². The van der Waals surface area contributed by atoms with Gasteiger partial charge in [-0.15, -0.1) is 0 Å². The molecule has 104 valence electrons. The van der Waals surface area contributed by atoms with Crippen molar-refractivity contribution in [3.63, 3.8) is 0 Å². The van der Waals surface area contributed by atoms with Crippen LogP contribution in [0.5, 0.6) is 0 Å². The zero-order chi connectivity index (χ0) is 13.9. The summed E-state index contributed by atoms with van der Waals surface area (Å²) in [5, 5.41) is 6.52. The summed E-state index contributed by atoms with van der Waals surface area (Å²) < 4.78 is 0. The zero-order valence-electron chi connectivity index (χ0n) is 12.2. The summed E-state index contributed by atoms with van der Waals surface area (Å²) >= 11 is 0. The van der Waals surface area contributed by atoms with E-state index in [1.165, 1.54) is 0 Å². The number of amides is 1. The number of anilines is 1. The van der Waals surface area contributed by atoms with Crippen molar-refractivity contribution in [3.8, 4) is 0 Å². The smallest absolute Gasteiger partial charge is 0.231 e. The topological polar surface area (TPSA) is 41.1 Å². The van der Waals surface area contributed by atoms with E-state index < -0.39 is 0 Å². The first-order valence-electron chi connectivity index (χ1n) is 7.17. The fourth-order valence-electron chi connectivity index (χ4n) is 2.88. The van der Waals surface area contributed by atoms with Crippen LogP contribution in [0.15, 0.2) is 18.2 Å². The van der Waals surface area contributed by atoms with Gasteiger partial charge in [-0.1, -0.05) is 25.1 Å². The highest BCUT2D eigenvalue weighted by Gasteiger charge is 2.38. The number of para-hydroxylation sites is 1. The van der Waals surface area contributed by atoms with E-state index in [1.54, 1.807) is 0 Å². The van der Waals surface area contributed by atoms with Gasteiger partial charge in [0.25, 0.3) is 0 Å². The number of hydrogen-bond donors (Lipinski definition) is 2. The van der Waals surface area contributed by atoms with Gasteiger partial charge in [-0.05, 0) is 50.8 Å². The van der Waals surface area contributed by atoms with Crippen LogP contribution in [0.2, 0.25) is 0 Å². The average molecular weight is 260 g/mol. The molecule has 1 aliphatic rings. The van der Waals surface area contributed by atoms with Gasteiger partial charge in [0.1, 0.15) is 0 Å². The van der Waals surface area contributed by atoms with Gasteiger partial charge in [0.05, 0.1) is 5.41 Å². The van der Waals surface area contributed by atoms with Gasteiger partial charge in [-0.3, -0.25) is 4.79 Å². The van der Waals surface area contributed by atoms with Crippen LogP contribution in [0, 0.1) is 19.3 Å². The molecule has 1 aliphatic heterocycles. The Balaban J connectivity index is 2.20. The summed E-state index contributed by atoms with van der Waals surface area (Å²) in [7, 11) is 0. The molecule has 1 heterocycles. The molecular formula is C16H24N2O. The number of carbonyl (C=O) groups is 1. The van der Waals surface area contributed by atoms with Crippen molar-refractivity contribution in [1.29, 1.82) is 0 Å². The second kappa shape index (κ2) is 5.74. The molecule has 0 aromatic heterocycles. The third kappa shape index (κ3) is 2.81. The fraction of sp³-hybridized carbons (Fsp3) is 0.562. The Kier molecular flexibility index (Phi) is 4.25. The molecule has 0 saturated carbocycles. The van der Waals surface area contributed by atoms with Gasteiger partial charge < -0.3 is 10.6 Å². The van der Waals surface area contributed by atoms with Gasteiger partial charge in [0.2, 0.25) is 5.91 Å². The largest absolute Gasteiger partial charge is 0.325 e. The molecule has 3 nitrogen and oxygen atoms in total. The van der Waals surface area contributed by atoms with Gasteiger partial charge in [0, 0.05) is 12.2 Å². The lowest BCUT2D eigenvalue weighted by Crippen LogP contribution is -2.47. The number of aryl methyl sites for hydroxylation is 2. The molecule has 1 amide bonds. The molecule has 0 spiro atoms. The van der Waals surface area contributed by atoms with Crippen LogP contribution >= 0.6 is 0 Å². The normalized spacial score (nSPS) is 23.1. The van der Waals surface area contributed by atoms with E-state index in [9.17, 15) is 4.79 Å². The number of nitrogens with one attached hydrogen (secondary N) is 2. The van der Waals surface area contributed by atoms with E-state index >= 15 is 0 Å². The molecule has 3 heteroatoms. The Labute approximate surface area is 115 Å². The number of piperidine rings is 1. The number of benzene rings is 1. The van der Waals surface area contributed by atoms with E-state index in [0.29, 0.717) is 0 Å². The zero-order valence-corrected chi connectivity index (χ0v) is 12.2. The first-order valence-corrected chi connectivity index (χ1v) is 7.17. The van der Waals surface area contributed by atoms with Crippen LogP contribution in [-0.2, 0) is 4.79 Å². The third-order valence-electron chi connectivity index (χ3n) is 4.35. The Morgan fingerprint density at radius 1 is 1.37 bits per heavy atom. The minimum absolute atomic E-state index is 0.166. The van der Waals surface area contributed by atoms with Crippen LogP contribution in [0.1, 0.15) is 37.3 Å². The van der Waals surface area contributed by atoms with Crippen molar-refractivity contribution in [1.82, 2.24) is 5.32 Å². The molecule has 1 saturated heterocycles. The predicted molar refractivity (Wildman–Crippen MR) is 79.4 cm³/mol. The van der Waals surface area contributed by atoms with Crippen LogP contribution in [0.3, 0.4) is 0 Å². The quantitative estimate of drug-likeness (QED) is 0.877. The van der Waals surface area contributed by atoms with Crippen LogP contribution < -0.4 is 10.6 Å². The molecule has 1 unspecified atom stereocenters. The highest BCUT2D eigenvalue weighted by molar-refractivity contribution is 5.96. The second-order valence-electron chi connectivity index (χ2n) is 5.64. The molecule has 1 aromatic carbocycles. The minimum atomic E-state index is -0.243. The first kappa shape index (κ1) is 14.1. The summed E-state index contributed by atoms with van der Waals surface area (Å²) in [6.45, 7) is 8.01. The Morgan fingerprint density at radius 3 is 2.58 bits per heavy atom. The predicted octanol–water partition coefficient (Wildman–Crippen LogP) is 3.02. The lowest BCUT2D eigenvalue weighted by atomic mass is 9.77. The third-order valence-corrected chi connectivity index (χ3v) is 4.35. The van der Waals surface area contributed by atoms with Crippen LogP contribution in [-0.4, -0.2) is 19.0 Å². The standard InChI is InChI=1S/C16H24N2O/c1-4-16(9-6-10-17-11-16)15(19)18-14-12(2)7-5-8-13(14)3/h5,7-8,17H,4,6,9-11H2,1-3H3,(H,18,19). The second-order valence-corrected chi connectivity index (χ2v) is 5.64. The number of carbonyl (C=O) groups excluding carboxylic acids is 1. The number of hydrogen-bond acceptors (Lipinski definition) is 2. The molecular weight excluding hydrogens is 236 g/mol. The first-order chi connectivity index (χ1) is 9.09. The van der Waals surface area contributed by atoms with E-state index in [0.717, 1.165) is 49.2 Å². The molecule has 2 rings (SSSR count). The maximum atomic E-state index is 12.7. The van der Waals surface area contributed by atoms with Crippen LogP contribution in [0.4, 0.5) is 5.69 Å². The summed E-state index contributed by atoms with van der Waals surface area (Å²) in [6.07, 6.45) is 2.94. The van der Waals surface area contributed by atoms with Crippen molar-refractivity contribution >= 4 is 11.6 Å². The highest BCUT2D eigenvalue weighted by atomic mass is 16.2. The lowest BCUT2D eigenvalue weighted by Gasteiger charge is -2.35. The average Bonchev–Trinajstić information content (AvgIpc) is 2.43. The maximum Gasteiger partial charge on any atom is 0.231 e. The lowest BCUT2D eigenvalue weighted by molar-refractivity contribution is -0.126. The number of rotatable bonds is 3. The minimum Gasteiger partial charge on any atom is -0.325 e. The monoisotopic (exact) mass is 260 g/mol. The van der Waals surface area contributed by atoms with Crippen LogP contribution in [0.25, 0.3) is 0 Å². The molecule has 1 atom stereocenters. The SMILES string of the molecule is CCC1(C(=O)Nc2c(C)cccc2C)CCCNC1. The molecule has 0 bridgehead atoms. The van der Waals surface area contributed by atoms with Gasteiger partial charge in [0.15, 0.2) is 0 Å². The van der Waals surface area contributed by atoms with Crippen molar-refractivity contribution in [3.05, 3.63) is 29.3 Å². The summed E-state index contributed by atoms with van der Waals surface area (Å²) in [5.74, 6) is 0.166. The molecule has 1 fully saturated rings. The highest BCUT2D eigenvalue weighted by Crippen LogP contribution is 2.32. The maximum absolute atomic E-state index is 12.7. The van der Waals surface area contributed by atoms with E-state index in [2.05, 4.69) is 17.6 Å². The van der Waals surface area contributed by atoms with Gasteiger partial charge in [-0.25, -0.2) is 0 Å². The van der Waals surface area contributed by atoms with E-state index in [4.69, 9.17) is 0 Å². The molecule has 1 aromatic rings. The summed E-state index contributed by atoms with van der Waals surface area (Å²) in [5.41, 5.74) is 2.99. The van der Waals surface area contributed by atoms with Crippen molar-refractivity contribution in [2.24, 2.45) is 5.41 Å². The molecule has 0 aliphatic carbocycles. The molecule has 0 radical (unpaired) electrons. The Hall–Kier alpha value is -1.35. The van der Waals surface area contributed by atoms with E-state index in [1.807, 2.05) is 32.0 Å². The Bertz CT molecular complexity index is 442. The van der Waals surface area contributed by atoms with Gasteiger partial charge in [-0.2, -0.15) is 0 Å². The van der Waals surface area contributed by atoms with E-state index in [-0.39, 0.29) is 11.3 Å². The molecule has 19 heavy (non-hydrogen) atoms. The summed E-state index contributed by atoms with van der Waals surface area (Å²) in [6, 6.07) is 6.11. The summed E-state index contributed by atoms with van der Waals surface area (Å²) in [4.78, 5) is 12.7. The van der Waals surface area contributed by atoms with Crippen molar-refractivity contribution in [2.75, 3.05) is 18.4 Å². The van der Waals surface area contributed by atoms with Gasteiger partial charge >= 0.3 is 0 Å². The Morgan fingerprint density at radius 2 is 2.05 bits per heavy atom. The fourth-order valence-corrected chi connectivity index (χ4v) is 2.88. The van der Waals surface area contributed by atoms with Crippen molar-refractivity contribution in [2.45, 2.75) is 40.0 Å².